The lowest BCUT2D eigenvalue weighted by Gasteiger charge is -1.94. The van der Waals surface area contributed by atoms with Gasteiger partial charge in [-0.3, -0.25) is 0 Å². The highest BCUT2D eigenvalue weighted by Crippen LogP contribution is 2.02. The van der Waals surface area contributed by atoms with E-state index in [1.165, 1.54) is 6.92 Å². The first-order chi connectivity index (χ1) is 15.5. The summed E-state index contributed by atoms with van der Waals surface area (Å²) in [6.07, 6.45) is 1.50. The third kappa shape index (κ3) is 58.6. The molecule has 0 aromatic heterocycles. The lowest BCUT2D eigenvalue weighted by Crippen LogP contribution is -2.29. The van der Waals surface area contributed by atoms with E-state index in [4.69, 9.17) is 30.2 Å². The Labute approximate surface area is 202 Å². The molecule has 0 bridgehead atoms. The van der Waals surface area contributed by atoms with Gasteiger partial charge in [-0.05, 0) is 24.5 Å². The molecule has 0 fully saturated rings. The molecule has 2 aromatic carbocycles. The first kappa shape index (κ1) is 40.6. The van der Waals surface area contributed by atoms with Crippen molar-refractivity contribution in [3.05, 3.63) is 86.1 Å². The molecular formula is C24H43B3O6. The average molecular weight is 460 g/mol. The van der Waals surface area contributed by atoms with Gasteiger partial charge in [0.05, 0.1) is 6.26 Å². The minimum atomic E-state index is -1.34. The highest BCUT2D eigenvalue weighted by atomic mass is 16.4. The number of para-hydroxylation sites is 1. The van der Waals surface area contributed by atoms with Crippen LogP contribution in [0.2, 0.25) is 34.1 Å². The third-order valence-electron chi connectivity index (χ3n) is 2.33. The summed E-state index contributed by atoms with van der Waals surface area (Å²) in [5.41, 5.74) is 0.525. The van der Waals surface area contributed by atoms with Gasteiger partial charge < -0.3 is 30.2 Å². The molecule has 0 saturated carbocycles. The predicted molar refractivity (Wildman–Crippen MR) is 148 cm³/mol. The van der Waals surface area contributed by atoms with E-state index in [0.717, 1.165) is 26.4 Å². The molecule has 0 amide bonds. The molecule has 9 heteroatoms. The van der Waals surface area contributed by atoms with Gasteiger partial charge in [0, 0.05) is 7.11 Å². The summed E-state index contributed by atoms with van der Waals surface area (Å²) < 4.78 is 0. The zero-order chi connectivity index (χ0) is 27.1. The third-order valence-corrected chi connectivity index (χ3v) is 2.33. The second kappa shape index (κ2) is 36.6. The number of aliphatic hydroxyl groups excluding tert-OH is 2. The van der Waals surface area contributed by atoms with E-state index in [1.54, 1.807) is 48.5 Å². The van der Waals surface area contributed by atoms with Crippen LogP contribution in [0, 0.1) is 0 Å². The Morgan fingerprint density at radius 1 is 0.788 bits per heavy atom. The molecule has 33 heavy (non-hydrogen) atoms. The van der Waals surface area contributed by atoms with E-state index in [9.17, 15) is 0 Å². The van der Waals surface area contributed by atoms with Crippen LogP contribution in [0.25, 0.3) is 0 Å². The molecule has 0 spiro atoms. The molecule has 0 unspecified atom stereocenters. The number of benzene rings is 2. The highest BCUT2D eigenvalue weighted by Gasteiger charge is 2.07. The van der Waals surface area contributed by atoms with Crippen LogP contribution in [0.4, 0.5) is 0 Å². The van der Waals surface area contributed by atoms with Gasteiger partial charge in [0.15, 0.2) is 6.71 Å². The quantitative estimate of drug-likeness (QED) is 0.262. The SMILES string of the molecule is C=CB(C)C.C=CO.CB(C)C.CC=O.CO.OB(O)c1ccccc1.Oc1ccccc1. The Kier molecular flexibility index (Phi) is 45.1. The smallest absolute Gasteiger partial charge is 0.488 e. The lowest BCUT2D eigenvalue weighted by molar-refractivity contribution is -0.106. The van der Waals surface area contributed by atoms with Crippen LogP contribution in [0.3, 0.4) is 0 Å². The van der Waals surface area contributed by atoms with Crippen molar-refractivity contribution in [1.29, 1.82) is 0 Å². The van der Waals surface area contributed by atoms with Gasteiger partial charge in [0.25, 0.3) is 0 Å². The summed E-state index contributed by atoms with van der Waals surface area (Å²) in [6, 6.07) is 17.4. The number of hydrogen-bond donors (Lipinski definition) is 5. The number of phenolic OH excluding ortho intramolecular Hbond substituents is 1. The topological polar surface area (TPSA) is 118 Å². The van der Waals surface area contributed by atoms with Gasteiger partial charge in [-0.2, -0.15) is 0 Å². The Morgan fingerprint density at radius 3 is 1.15 bits per heavy atom. The summed E-state index contributed by atoms with van der Waals surface area (Å²) in [4.78, 5) is 8.81. The monoisotopic (exact) mass is 460 g/mol. The molecule has 0 saturated heterocycles. The minimum absolute atomic E-state index is 0.322. The van der Waals surface area contributed by atoms with Crippen molar-refractivity contribution in [2.75, 3.05) is 7.11 Å². The first-order valence-electron chi connectivity index (χ1n) is 10.4. The molecule has 6 nitrogen and oxygen atoms in total. The minimum Gasteiger partial charge on any atom is -0.516 e. The maximum atomic E-state index is 8.81. The Morgan fingerprint density at radius 2 is 1.03 bits per heavy atom. The molecule has 0 aliphatic carbocycles. The van der Waals surface area contributed by atoms with E-state index >= 15 is 0 Å². The Bertz CT molecular complexity index is 601. The van der Waals surface area contributed by atoms with Gasteiger partial charge in [-0.1, -0.05) is 89.2 Å². The van der Waals surface area contributed by atoms with Crippen molar-refractivity contribution < 1.29 is 30.2 Å². The number of carbonyl (C=O) groups excluding carboxylic acids is 1. The van der Waals surface area contributed by atoms with Gasteiger partial charge in [-0.25, -0.2) is 0 Å². The van der Waals surface area contributed by atoms with Crippen LogP contribution in [0.1, 0.15) is 6.92 Å². The van der Waals surface area contributed by atoms with E-state index in [1.807, 2.05) is 18.1 Å². The molecule has 0 aliphatic rings. The fourth-order valence-electron chi connectivity index (χ4n) is 1.05. The molecule has 0 aliphatic heterocycles. The molecule has 0 heterocycles. The van der Waals surface area contributed by atoms with E-state index in [0.29, 0.717) is 17.9 Å². The number of rotatable bonds is 2. The Hall–Kier alpha value is -2.74. The van der Waals surface area contributed by atoms with Gasteiger partial charge >= 0.3 is 7.12 Å². The first-order valence-corrected chi connectivity index (χ1v) is 10.4. The van der Waals surface area contributed by atoms with Gasteiger partial charge in [0.1, 0.15) is 18.7 Å². The number of hydrogen-bond acceptors (Lipinski definition) is 6. The molecule has 5 N–H and O–H groups in total. The maximum absolute atomic E-state index is 8.81. The fourth-order valence-corrected chi connectivity index (χ4v) is 1.05. The summed E-state index contributed by atoms with van der Waals surface area (Å²) in [7, 11) is -0.341. The normalized spacial score (nSPS) is 7.09. The van der Waals surface area contributed by atoms with Crippen LogP contribution < -0.4 is 5.46 Å². The summed E-state index contributed by atoms with van der Waals surface area (Å²) in [5, 5.41) is 40.1. The highest BCUT2D eigenvalue weighted by molar-refractivity contribution is 6.61. The zero-order valence-electron chi connectivity index (χ0n) is 21.3. The molecule has 0 atom stereocenters. The van der Waals surface area contributed by atoms with Crippen molar-refractivity contribution in [2.24, 2.45) is 0 Å². The lowest BCUT2D eigenvalue weighted by atomic mass is 9.55. The van der Waals surface area contributed by atoms with E-state index in [-0.39, 0.29) is 0 Å². The van der Waals surface area contributed by atoms with Crippen molar-refractivity contribution in [2.45, 2.75) is 41.0 Å². The second-order valence-corrected chi connectivity index (χ2v) is 6.75. The number of carbonyl (C=O) groups is 1. The fraction of sp³-hybridized carbons (Fsp3) is 0.292. The van der Waals surface area contributed by atoms with Crippen LogP contribution >= 0.6 is 0 Å². The average Bonchev–Trinajstić information content (AvgIpc) is 2.78. The molecular weight excluding hydrogens is 417 g/mol. The molecule has 2 rings (SSSR count). The molecule has 184 valence electrons. The van der Waals surface area contributed by atoms with Crippen LogP contribution in [-0.2, 0) is 4.79 Å². The molecule has 0 radical (unpaired) electrons. The zero-order valence-corrected chi connectivity index (χ0v) is 21.3. The van der Waals surface area contributed by atoms with Crippen molar-refractivity contribution in [3.8, 4) is 5.75 Å². The van der Waals surface area contributed by atoms with E-state index in [2.05, 4.69) is 47.3 Å². The molecule has 2 aromatic rings. The van der Waals surface area contributed by atoms with Gasteiger partial charge in [0.2, 0.25) is 0 Å². The maximum Gasteiger partial charge on any atom is 0.488 e. The van der Waals surface area contributed by atoms with Crippen LogP contribution in [0.5, 0.6) is 5.75 Å². The standard InChI is InChI=1S/C6H7BO2.C6H6O.C4H9B.C3H9B.2C2H4O.CH4O/c8-7(9)6-4-2-1-3-5-6;7-6-4-2-1-3-5-6;1-4-5(2)3;1-4(2)3;2*1-2-3;1-2/h1-5,8-9H;1-5,7H;4H,1H2,2-3H3;1-3H3;2H,1H3;2-3H,1H2;2H,1H3. The predicted octanol–water partition coefficient (Wildman–Crippen LogP) is 4.10. The summed E-state index contributed by atoms with van der Waals surface area (Å²) in [5.74, 6) is 2.24. The van der Waals surface area contributed by atoms with Crippen LogP contribution in [-0.4, -0.2) is 59.3 Å². The van der Waals surface area contributed by atoms with E-state index < -0.39 is 7.12 Å². The summed E-state index contributed by atoms with van der Waals surface area (Å²) in [6.45, 7) is 20.1. The Balaban J connectivity index is -0.0000000986. The largest absolute Gasteiger partial charge is 0.516 e. The van der Waals surface area contributed by atoms with Crippen LogP contribution in [0.15, 0.2) is 86.1 Å². The number of aliphatic hydroxyl groups is 2. The van der Waals surface area contributed by atoms with Crippen molar-refractivity contribution in [1.82, 2.24) is 0 Å². The number of aromatic hydroxyl groups is 1. The number of aldehydes is 1. The summed E-state index contributed by atoms with van der Waals surface area (Å²) >= 11 is 0. The van der Waals surface area contributed by atoms with Crippen molar-refractivity contribution in [3.63, 3.8) is 0 Å². The van der Waals surface area contributed by atoms with Gasteiger partial charge in [-0.15, -0.1) is 12.6 Å². The van der Waals surface area contributed by atoms with Crippen molar-refractivity contribution >= 4 is 32.3 Å². The second-order valence-electron chi connectivity index (χ2n) is 6.75. The number of phenols is 1.